The van der Waals surface area contributed by atoms with Crippen LogP contribution in [0, 0.1) is 0 Å². The van der Waals surface area contributed by atoms with Crippen LogP contribution in [0.1, 0.15) is 0 Å². The summed E-state index contributed by atoms with van der Waals surface area (Å²) in [6, 6.07) is 0. The zero-order valence-corrected chi connectivity index (χ0v) is 4.80. The van der Waals surface area contributed by atoms with Gasteiger partial charge in [0.05, 0.1) is 6.54 Å². The van der Waals surface area contributed by atoms with Gasteiger partial charge in [0.15, 0.2) is 0 Å². The summed E-state index contributed by atoms with van der Waals surface area (Å²) in [5, 5.41) is 17.9. The van der Waals surface area contributed by atoms with Crippen LogP contribution in [0.25, 0.3) is 10.4 Å². The molecule has 0 spiro atoms. The van der Waals surface area contributed by atoms with E-state index >= 15 is 0 Å². The van der Waals surface area contributed by atoms with Crippen LogP contribution in [0.4, 0.5) is 0 Å². The number of carboxylic acid groups (broad SMARTS) is 1. The standard InChI is InChI=1S/C3H3N5O2/c4-8-5-1-3(2(9)10)6-7-3/h1H2,(H,9,10). The minimum atomic E-state index is -1.45. The van der Waals surface area contributed by atoms with Gasteiger partial charge in [-0.3, -0.25) is 0 Å². The van der Waals surface area contributed by atoms with Gasteiger partial charge < -0.3 is 5.11 Å². The minimum absolute atomic E-state index is 0.237. The number of aliphatic carboxylic acids is 1. The molecule has 0 atom stereocenters. The average molecular weight is 141 g/mol. The van der Waals surface area contributed by atoms with Gasteiger partial charge in [0, 0.05) is 4.91 Å². The third kappa shape index (κ3) is 0.893. The number of azide groups is 1. The van der Waals surface area contributed by atoms with Gasteiger partial charge in [0.25, 0.3) is 5.66 Å². The summed E-state index contributed by atoms with van der Waals surface area (Å²) < 4.78 is 0. The Kier molecular flexibility index (Phi) is 1.27. The van der Waals surface area contributed by atoms with Gasteiger partial charge in [-0.15, -0.1) is 10.2 Å². The summed E-state index contributed by atoms with van der Waals surface area (Å²) in [5.41, 5.74) is 6.37. The van der Waals surface area contributed by atoms with E-state index in [1.165, 1.54) is 0 Å². The highest BCUT2D eigenvalue weighted by Crippen LogP contribution is 2.28. The first-order chi connectivity index (χ1) is 4.71. The molecule has 0 aromatic heterocycles. The van der Waals surface area contributed by atoms with Crippen LogP contribution >= 0.6 is 0 Å². The van der Waals surface area contributed by atoms with Crippen LogP contribution in [0.3, 0.4) is 0 Å². The molecule has 0 aromatic rings. The van der Waals surface area contributed by atoms with Crippen molar-refractivity contribution >= 4 is 5.97 Å². The van der Waals surface area contributed by atoms with E-state index in [9.17, 15) is 4.79 Å². The van der Waals surface area contributed by atoms with Crippen molar-refractivity contribution in [3.8, 4) is 0 Å². The van der Waals surface area contributed by atoms with Crippen molar-refractivity contribution in [2.75, 3.05) is 6.54 Å². The zero-order valence-electron chi connectivity index (χ0n) is 4.80. The molecule has 0 amide bonds. The van der Waals surface area contributed by atoms with E-state index in [2.05, 4.69) is 20.3 Å². The van der Waals surface area contributed by atoms with Crippen molar-refractivity contribution in [2.24, 2.45) is 15.3 Å². The molecule has 7 heteroatoms. The first-order valence-electron chi connectivity index (χ1n) is 2.39. The van der Waals surface area contributed by atoms with Crippen LogP contribution < -0.4 is 0 Å². The van der Waals surface area contributed by atoms with Crippen molar-refractivity contribution in [2.45, 2.75) is 5.66 Å². The van der Waals surface area contributed by atoms with E-state index in [0.717, 1.165) is 0 Å². The van der Waals surface area contributed by atoms with Gasteiger partial charge >= 0.3 is 5.97 Å². The molecule has 10 heavy (non-hydrogen) atoms. The van der Waals surface area contributed by atoms with E-state index in [4.69, 9.17) is 10.6 Å². The Labute approximate surface area is 55.0 Å². The van der Waals surface area contributed by atoms with Crippen LogP contribution in [-0.4, -0.2) is 23.3 Å². The average Bonchev–Trinajstić information content (AvgIpc) is 2.64. The van der Waals surface area contributed by atoms with Crippen molar-refractivity contribution in [1.82, 2.24) is 0 Å². The molecule has 1 N–H and O–H groups in total. The van der Waals surface area contributed by atoms with Gasteiger partial charge in [-0.1, -0.05) is 5.11 Å². The van der Waals surface area contributed by atoms with E-state index in [0.29, 0.717) is 0 Å². The summed E-state index contributed by atoms with van der Waals surface area (Å²) in [5.74, 6) is -1.18. The highest BCUT2D eigenvalue weighted by Gasteiger charge is 2.48. The third-order valence-electron chi connectivity index (χ3n) is 1.04. The van der Waals surface area contributed by atoms with Crippen LogP contribution in [0.5, 0.6) is 0 Å². The fourth-order valence-corrected chi connectivity index (χ4v) is 0.407. The molecule has 1 heterocycles. The second-order valence-corrected chi connectivity index (χ2v) is 1.71. The smallest absolute Gasteiger partial charge is 0.358 e. The van der Waals surface area contributed by atoms with Gasteiger partial charge in [-0.2, -0.15) is 0 Å². The molecule has 0 aromatic carbocycles. The lowest BCUT2D eigenvalue weighted by atomic mass is 10.2. The van der Waals surface area contributed by atoms with E-state index in [-0.39, 0.29) is 6.54 Å². The van der Waals surface area contributed by atoms with Gasteiger partial charge in [0.2, 0.25) is 0 Å². The summed E-state index contributed by atoms with van der Waals surface area (Å²) in [4.78, 5) is 12.6. The first-order valence-corrected chi connectivity index (χ1v) is 2.39. The number of nitrogens with zero attached hydrogens (tertiary/aromatic N) is 5. The number of hydrogen-bond donors (Lipinski definition) is 1. The molecule has 0 fully saturated rings. The molecule has 0 unspecified atom stereocenters. The number of carbonyl (C=O) groups is 1. The molecule has 0 aliphatic carbocycles. The first kappa shape index (κ1) is 6.50. The lowest BCUT2D eigenvalue weighted by Gasteiger charge is -1.96. The Balaban J connectivity index is 2.54. The Hall–Kier alpha value is -1.62. The topological polar surface area (TPSA) is 111 Å². The molecule has 1 rings (SSSR count). The highest BCUT2D eigenvalue weighted by atomic mass is 16.4. The molecule has 1 aliphatic rings. The second-order valence-electron chi connectivity index (χ2n) is 1.71. The van der Waals surface area contributed by atoms with Gasteiger partial charge in [-0.25, -0.2) is 4.79 Å². The fourth-order valence-electron chi connectivity index (χ4n) is 0.407. The van der Waals surface area contributed by atoms with Crippen LogP contribution in [0.15, 0.2) is 15.3 Å². The monoisotopic (exact) mass is 141 g/mol. The maximum absolute atomic E-state index is 10.2. The second kappa shape index (κ2) is 1.96. The highest BCUT2D eigenvalue weighted by molar-refractivity contribution is 5.81. The summed E-state index contributed by atoms with van der Waals surface area (Å²) in [6.45, 7) is -0.237. The Morgan fingerprint density at radius 2 is 2.40 bits per heavy atom. The Morgan fingerprint density at radius 3 is 2.70 bits per heavy atom. The molecule has 0 bridgehead atoms. The molecular formula is C3H3N5O2. The lowest BCUT2D eigenvalue weighted by molar-refractivity contribution is -0.140. The Morgan fingerprint density at radius 1 is 1.80 bits per heavy atom. The minimum Gasteiger partial charge on any atom is -0.478 e. The van der Waals surface area contributed by atoms with E-state index in [1.54, 1.807) is 0 Å². The van der Waals surface area contributed by atoms with Crippen molar-refractivity contribution in [1.29, 1.82) is 0 Å². The van der Waals surface area contributed by atoms with Crippen molar-refractivity contribution in [3.63, 3.8) is 0 Å². The Bertz CT molecular complexity index is 233. The number of carboxylic acids is 1. The third-order valence-corrected chi connectivity index (χ3v) is 1.04. The SMILES string of the molecule is [N-]=[N+]=NCC1(C(=O)O)N=N1. The molecule has 52 valence electrons. The van der Waals surface area contributed by atoms with Crippen molar-refractivity contribution < 1.29 is 9.90 Å². The van der Waals surface area contributed by atoms with E-state index in [1.807, 2.05) is 0 Å². The maximum atomic E-state index is 10.2. The predicted molar refractivity (Wildman–Crippen MR) is 29.2 cm³/mol. The number of hydrogen-bond acceptors (Lipinski definition) is 4. The summed E-state index contributed by atoms with van der Waals surface area (Å²) in [6.07, 6.45) is 0. The van der Waals surface area contributed by atoms with Gasteiger partial charge in [-0.05, 0) is 5.53 Å². The molecule has 0 radical (unpaired) electrons. The lowest BCUT2D eigenvalue weighted by Crippen LogP contribution is -2.26. The maximum Gasteiger partial charge on any atom is 0.358 e. The summed E-state index contributed by atoms with van der Waals surface area (Å²) in [7, 11) is 0. The number of rotatable bonds is 3. The zero-order chi connectivity index (χ0) is 7.61. The van der Waals surface area contributed by atoms with Gasteiger partial charge in [0.1, 0.15) is 0 Å². The van der Waals surface area contributed by atoms with E-state index < -0.39 is 11.6 Å². The largest absolute Gasteiger partial charge is 0.478 e. The van der Waals surface area contributed by atoms with Crippen LogP contribution in [0.2, 0.25) is 0 Å². The van der Waals surface area contributed by atoms with Crippen LogP contribution in [-0.2, 0) is 4.79 Å². The molecule has 0 saturated heterocycles. The molecule has 7 nitrogen and oxygen atoms in total. The molecule has 1 aliphatic heterocycles. The normalized spacial score (nSPS) is 17.6. The van der Waals surface area contributed by atoms with Crippen molar-refractivity contribution in [3.05, 3.63) is 10.4 Å². The molecule has 0 saturated carbocycles. The fraction of sp³-hybridized carbons (Fsp3) is 0.667. The summed E-state index contributed by atoms with van der Waals surface area (Å²) >= 11 is 0. The quantitative estimate of drug-likeness (QED) is 0.351. The predicted octanol–water partition coefficient (Wildman–Crippen LogP) is 0.543. The molecular weight excluding hydrogens is 138 g/mol.